The average molecular weight is 268 g/mol. The Morgan fingerprint density at radius 3 is 2.50 bits per heavy atom. The van der Waals surface area contributed by atoms with Crippen LogP contribution >= 0.6 is 0 Å². The van der Waals surface area contributed by atoms with Gasteiger partial charge in [-0.15, -0.1) is 0 Å². The van der Waals surface area contributed by atoms with Gasteiger partial charge in [-0.05, 0) is 50.1 Å². The van der Waals surface area contributed by atoms with Crippen LogP contribution in [0, 0.1) is 5.92 Å². The fourth-order valence-corrected chi connectivity index (χ4v) is 2.91. The maximum Gasteiger partial charge on any atom is 0.240 e. The van der Waals surface area contributed by atoms with Gasteiger partial charge in [-0.2, -0.15) is 0 Å². The molecule has 0 heterocycles. The van der Waals surface area contributed by atoms with E-state index in [0.29, 0.717) is 10.9 Å². The molecule has 18 heavy (non-hydrogen) atoms. The number of nitrogens with one attached hydrogen (secondary N) is 2. The molecule has 0 amide bonds. The summed E-state index contributed by atoms with van der Waals surface area (Å²) in [5, 5.41) is 3.43. The van der Waals surface area contributed by atoms with Gasteiger partial charge in [0, 0.05) is 11.7 Å². The number of rotatable bonds is 6. The predicted molar refractivity (Wildman–Crippen MR) is 73.1 cm³/mol. The molecule has 1 aromatic rings. The Morgan fingerprint density at radius 2 is 1.94 bits per heavy atom. The molecule has 0 bridgehead atoms. The van der Waals surface area contributed by atoms with E-state index in [2.05, 4.69) is 17.0 Å². The van der Waals surface area contributed by atoms with Crippen LogP contribution < -0.4 is 10.0 Å². The van der Waals surface area contributed by atoms with Crippen molar-refractivity contribution in [2.45, 2.75) is 37.1 Å². The average Bonchev–Trinajstić information content (AvgIpc) is 3.08. The Morgan fingerprint density at radius 1 is 1.28 bits per heavy atom. The Hall–Kier alpha value is -1.07. The fraction of sp³-hybridized carbons (Fsp3) is 0.538. The standard InChI is InChI=1S/C13H20N2O2S/c1-3-4-10-9-13(10)15-11-5-7-12(8-6-11)18(16,17)14-2/h5-8,10,13-15H,3-4,9H2,1-2H3. The smallest absolute Gasteiger partial charge is 0.240 e. The Balaban J connectivity index is 1.97. The van der Waals surface area contributed by atoms with Crippen LogP contribution in [0.15, 0.2) is 29.2 Å². The number of benzene rings is 1. The molecule has 2 atom stereocenters. The van der Waals surface area contributed by atoms with Crippen molar-refractivity contribution in [1.29, 1.82) is 0 Å². The van der Waals surface area contributed by atoms with Crippen LogP contribution in [0.4, 0.5) is 5.69 Å². The zero-order valence-electron chi connectivity index (χ0n) is 10.8. The molecule has 2 rings (SSSR count). The van der Waals surface area contributed by atoms with Crippen LogP contribution in [-0.4, -0.2) is 21.5 Å². The van der Waals surface area contributed by atoms with Crippen molar-refractivity contribution in [2.75, 3.05) is 12.4 Å². The summed E-state index contributed by atoms with van der Waals surface area (Å²) in [6.45, 7) is 2.20. The summed E-state index contributed by atoms with van der Waals surface area (Å²) in [6, 6.07) is 7.48. The molecule has 0 saturated heterocycles. The minimum Gasteiger partial charge on any atom is -0.382 e. The van der Waals surface area contributed by atoms with Gasteiger partial charge in [0.2, 0.25) is 10.0 Å². The summed E-state index contributed by atoms with van der Waals surface area (Å²) in [4.78, 5) is 0.302. The van der Waals surface area contributed by atoms with E-state index in [1.54, 1.807) is 12.1 Å². The normalized spacial score (nSPS) is 22.8. The van der Waals surface area contributed by atoms with E-state index in [1.807, 2.05) is 12.1 Å². The molecule has 5 heteroatoms. The summed E-state index contributed by atoms with van der Waals surface area (Å²) in [5.74, 6) is 0.788. The van der Waals surface area contributed by atoms with Crippen LogP contribution in [0.2, 0.25) is 0 Å². The first-order valence-electron chi connectivity index (χ1n) is 6.37. The van der Waals surface area contributed by atoms with Crippen LogP contribution in [0.1, 0.15) is 26.2 Å². The van der Waals surface area contributed by atoms with E-state index in [9.17, 15) is 8.42 Å². The Bertz CT molecular complexity index is 496. The minimum atomic E-state index is -3.32. The van der Waals surface area contributed by atoms with Gasteiger partial charge in [0.1, 0.15) is 0 Å². The lowest BCUT2D eigenvalue weighted by atomic mass is 10.2. The first-order chi connectivity index (χ1) is 8.56. The van der Waals surface area contributed by atoms with Crippen molar-refractivity contribution in [3.8, 4) is 0 Å². The summed E-state index contributed by atoms with van der Waals surface area (Å²) < 4.78 is 25.4. The Kier molecular flexibility index (Phi) is 3.92. The minimum absolute atomic E-state index is 0.302. The van der Waals surface area contributed by atoms with Gasteiger partial charge in [-0.3, -0.25) is 0 Å². The SMILES string of the molecule is CCCC1CC1Nc1ccc(S(=O)(=O)NC)cc1. The first-order valence-corrected chi connectivity index (χ1v) is 7.85. The third-order valence-corrected chi connectivity index (χ3v) is 4.80. The number of hydrogen-bond acceptors (Lipinski definition) is 3. The predicted octanol–water partition coefficient (Wildman–Crippen LogP) is 2.20. The zero-order valence-corrected chi connectivity index (χ0v) is 11.6. The number of anilines is 1. The van der Waals surface area contributed by atoms with Crippen molar-refractivity contribution in [2.24, 2.45) is 5.92 Å². The summed E-state index contributed by atoms with van der Waals surface area (Å²) in [7, 11) is -1.91. The highest BCUT2D eigenvalue weighted by molar-refractivity contribution is 7.89. The molecule has 1 aliphatic rings. The van der Waals surface area contributed by atoms with Crippen LogP contribution in [-0.2, 0) is 10.0 Å². The van der Waals surface area contributed by atoms with E-state index in [0.717, 1.165) is 11.6 Å². The largest absolute Gasteiger partial charge is 0.382 e. The maximum absolute atomic E-state index is 11.6. The number of hydrogen-bond donors (Lipinski definition) is 2. The molecule has 0 aliphatic heterocycles. The summed E-state index contributed by atoms with van der Waals surface area (Å²) >= 11 is 0. The zero-order chi connectivity index (χ0) is 13.2. The molecule has 0 aromatic heterocycles. The van der Waals surface area contributed by atoms with E-state index >= 15 is 0 Å². The number of sulfonamides is 1. The highest BCUT2D eigenvalue weighted by Crippen LogP contribution is 2.37. The molecule has 2 unspecified atom stereocenters. The molecule has 100 valence electrons. The topological polar surface area (TPSA) is 58.2 Å². The second kappa shape index (κ2) is 5.28. The fourth-order valence-electron chi connectivity index (χ4n) is 2.18. The lowest BCUT2D eigenvalue weighted by molar-refractivity contribution is 0.588. The molecule has 2 N–H and O–H groups in total. The van der Waals surface area contributed by atoms with Gasteiger partial charge in [0.25, 0.3) is 0 Å². The van der Waals surface area contributed by atoms with Crippen LogP contribution in [0.3, 0.4) is 0 Å². The molecule has 0 spiro atoms. The molecule has 1 aliphatic carbocycles. The molecule has 0 radical (unpaired) electrons. The van der Waals surface area contributed by atoms with Crippen LogP contribution in [0.5, 0.6) is 0 Å². The van der Waals surface area contributed by atoms with E-state index in [4.69, 9.17) is 0 Å². The van der Waals surface area contributed by atoms with E-state index in [-0.39, 0.29) is 0 Å². The first kappa shape index (κ1) is 13.4. The van der Waals surface area contributed by atoms with E-state index < -0.39 is 10.0 Å². The molecular formula is C13H20N2O2S. The molecule has 4 nitrogen and oxygen atoms in total. The molecule has 1 fully saturated rings. The molecule has 1 aromatic carbocycles. The van der Waals surface area contributed by atoms with Gasteiger partial charge in [-0.25, -0.2) is 13.1 Å². The van der Waals surface area contributed by atoms with E-state index in [1.165, 1.54) is 26.3 Å². The van der Waals surface area contributed by atoms with Gasteiger partial charge >= 0.3 is 0 Å². The summed E-state index contributed by atoms with van der Waals surface area (Å²) in [6.07, 6.45) is 3.72. The van der Waals surface area contributed by atoms with Crippen LogP contribution in [0.25, 0.3) is 0 Å². The van der Waals surface area contributed by atoms with Gasteiger partial charge in [-0.1, -0.05) is 13.3 Å². The second-order valence-corrected chi connectivity index (χ2v) is 6.65. The highest BCUT2D eigenvalue weighted by atomic mass is 32.2. The van der Waals surface area contributed by atoms with Crippen molar-refractivity contribution in [1.82, 2.24) is 4.72 Å². The molecule has 1 saturated carbocycles. The monoisotopic (exact) mass is 268 g/mol. The maximum atomic E-state index is 11.6. The second-order valence-electron chi connectivity index (χ2n) is 4.77. The lowest BCUT2D eigenvalue weighted by Gasteiger charge is -2.07. The van der Waals surface area contributed by atoms with Gasteiger partial charge in [0.15, 0.2) is 0 Å². The van der Waals surface area contributed by atoms with Crippen molar-refractivity contribution >= 4 is 15.7 Å². The third kappa shape index (κ3) is 3.03. The molecular weight excluding hydrogens is 248 g/mol. The van der Waals surface area contributed by atoms with Crippen molar-refractivity contribution in [3.05, 3.63) is 24.3 Å². The van der Waals surface area contributed by atoms with Crippen molar-refractivity contribution < 1.29 is 8.42 Å². The van der Waals surface area contributed by atoms with Gasteiger partial charge in [0.05, 0.1) is 4.90 Å². The van der Waals surface area contributed by atoms with Crippen molar-refractivity contribution in [3.63, 3.8) is 0 Å². The highest BCUT2D eigenvalue weighted by Gasteiger charge is 2.35. The lowest BCUT2D eigenvalue weighted by Crippen LogP contribution is -2.18. The summed E-state index contributed by atoms with van der Waals surface area (Å²) in [5.41, 5.74) is 0.994. The van der Waals surface area contributed by atoms with Gasteiger partial charge < -0.3 is 5.32 Å². The third-order valence-electron chi connectivity index (χ3n) is 3.37. The Labute approximate surface area is 109 Å². The quantitative estimate of drug-likeness (QED) is 0.831.